The fraction of sp³-hybridized carbons (Fsp3) is 0.600. The van der Waals surface area contributed by atoms with Crippen LogP contribution >= 0.6 is 15.9 Å². The second-order valence-electron chi connectivity index (χ2n) is 4.80. The van der Waals surface area contributed by atoms with Crippen LogP contribution < -0.4 is 0 Å². The largest absolute Gasteiger partial charge is 0.337 e. The quantitative estimate of drug-likeness (QED) is 0.810. The van der Waals surface area contributed by atoms with Crippen molar-refractivity contribution in [2.45, 2.75) is 38.1 Å². The summed E-state index contributed by atoms with van der Waals surface area (Å²) in [5, 5.41) is 12.6. The zero-order valence-corrected chi connectivity index (χ0v) is 11.6. The third-order valence-corrected chi connectivity index (χ3v) is 2.73. The van der Waals surface area contributed by atoms with Crippen LogP contribution in [0.5, 0.6) is 0 Å². The fourth-order valence-electron chi connectivity index (χ4n) is 1.24. The first-order valence-corrected chi connectivity index (χ1v) is 6.39. The lowest BCUT2D eigenvalue weighted by molar-refractivity contribution is 0.352. The normalized spacial score (nSPS) is 12.0. The van der Waals surface area contributed by atoms with Crippen LogP contribution in [-0.4, -0.2) is 25.1 Å². The van der Waals surface area contributed by atoms with E-state index in [1.165, 1.54) is 0 Å². The van der Waals surface area contributed by atoms with Crippen molar-refractivity contribution in [2.24, 2.45) is 0 Å². The first-order valence-electron chi connectivity index (χ1n) is 5.27. The van der Waals surface area contributed by atoms with Crippen LogP contribution in [0, 0.1) is 0 Å². The first-order chi connectivity index (χ1) is 7.99. The average Bonchev–Trinajstić information content (AvgIpc) is 2.86. The predicted octanol–water partition coefficient (Wildman–Crippen LogP) is 1.90. The van der Waals surface area contributed by atoms with Gasteiger partial charge in [-0.05, 0) is 0 Å². The minimum absolute atomic E-state index is 0.106. The Morgan fingerprint density at radius 2 is 2.18 bits per heavy atom. The SMILES string of the molecule is CC(C)(C)c1noc(Cn2cc(CBr)nn2)n1. The van der Waals surface area contributed by atoms with E-state index >= 15 is 0 Å². The summed E-state index contributed by atoms with van der Waals surface area (Å²) in [5.74, 6) is 1.24. The Morgan fingerprint density at radius 3 is 2.71 bits per heavy atom. The predicted molar refractivity (Wildman–Crippen MR) is 64.8 cm³/mol. The van der Waals surface area contributed by atoms with Gasteiger partial charge >= 0.3 is 0 Å². The molecule has 0 spiro atoms. The number of rotatable bonds is 3. The zero-order chi connectivity index (χ0) is 12.5. The van der Waals surface area contributed by atoms with Gasteiger partial charge in [0.05, 0.1) is 5.69 Å². The molecule has 6 nitrogen and oxygen atoms in total. The molecule has 2 aromatic heterocycles. The molecule has 0 amide bonds. The number of hydrogen-bond donors (Lipinski definition) is 0. The van der Waals surface area contributed by atoms with E-state index in [0.29, 0.717) is 23.6 Å². The molecule has 92 valence electrons. The van der Waals surface area contributed by atoms with Gasteiger partial charge in [-0.15, -0.1) is 5.10 Å². The van der Waals surface area contributed by atoms with Crippen molar-refractivity contribution in [1.82, 2.24) is 25.1 Å². The number of halogens is 1. The van der Waals surface area contributed by atoms with Crippen molar-refractivity contribution in [3.63, 3.8) is 0 Å². The lowest BCUT2D eigenvalue weighted by atomic mass is 9.96. The molecule has 0 N–H and O–H groups in total. The molecular formula is C10H14BrN5O. The molecular weight excluding hydrogens is 286 g/mol. The minimum atomic E-state index is -0.106. The van der Waals surface area contributed by atoms with Gasteiger partial charge in [0.1, 0.15) is 6.54 Å². The lowest BCUT2D eigenvalue weighted by Gasteiger charge is -2.10. The molecule has 0 saturated carbocycles. The van der Waals surface area contributed by atoms with Gasteiger partial charge in [0, 0.05) is 16.9 Å². The van der Waals surface area contributed by atoms with Gasteiger partial charge in [0.2, 0.25) is 5.89 Å². The molecule has 0 aliphatic carbocycles. The van der Waals surface area contributed by atoms with Gasteiger partial charge in [-0.1, -0.05) is 47.1 Å². The van der Waals surface area contributed by atoms with Crippen LogP contribution in [0.25, 0.3) is 0 Å². The molecule has 7 heteroatoms. The van der Waals surface area contributed by atoms with Crippen molar-refractivity contribution in [3.05, 3.63) is 23.6 Å². The standard InChI is InChI=1S/C10H14BrN5O/c1-10(2,3)9-12-8(17-14-9)6-16-5-7(4-11)13-15-16/h5H,4,6H2,1-3H3. The van der Waals surface area contributed by atoms with Gasteiger partial charge in [-0.3, -0.25) is 0 Å². The third-order valence-electron chi connectivity index (χ3n) is 2.16. The van der Waals surface area contributed by atoms with Crippen LogP contribution in [0.1, 0.15) is 38.2 Å². The first kappa shape index (κ1) is 12.2. The topological polar surface area (TPSA) is 69.6 Å². The van der Waals surface area contributed by atoms with Crippen LogP contribution in [0.4, 0.5) is 0 Å². The molecule has 0 atom stereocenters. The summed E-state index contributed by atoms with van der Waals surface area (Å²) in [6.45, 7) is 6.57. The van der Waals surface area contributed by atoms with Crippen LogP contribution in [0.3, 0.4) is 0 Å². The molecule has 0 aliphatic rings. The highest BCUT2D eigenvalue weighted by Gasteiger charge is 2.21. The Kier molecular flexibility index (Phi) is 3.28. The Morgan fingerprint density at radius 1 is 1.41 bits per heavy atom. The second-order valence-corrected chi connectivity index (χ2v) is 5.36. The Labute approximate surface area is 108 Å². The van der Waals surface area contributed by atoms with E-state index in [2.05, 4.69) is 36.4 Å². The number of alkyl halides is 1. The molecule has 0 saturated heterocycles. The smallest absolute Gasteiger partial charge is 0.248 e. The molecule has 2 aromatic rings. The van der Waals surface area contributed by atoms with Crippen LogP contribution in [-0.2, 0) is 17.3 Å². The molecule has 0 aromatic carbocycles. The summed E-state index contributed by atoms with van der Waals surface area (Å²) in [7, 11) is 0. The number of aromatic nitrogens is 5. The van der Waals surface area contributed by atoms with E-state index in [1.54, 1.807) is 4.68 Å². The highest BCUT2D eigenvalue weighted by atomic mass is 79.9. The van der Waals surface area contributed by atoms with Crippen LogP contribution in [0.2, 0.25) is 0 Å². The maximum atomic E-state index is 5.18. The van der Waals surface area contributed by atoms with Crippen molar-refractivity contribution >= 4 is 15.9 Å². The molecule has 2 heterocycles. The summed E-state index contributed by atoms with van der Waals surface area (Å²) in [4.78, 5) is 4.33. The van der Waals surface area contributed by atoms with Gasteiger partial charge < -0.3 is 4.52 Å². The van der Waals surface area contributed by atoms with Crippen molar-refractivity contribution < 1.29 is 4.52 Å². The summed E-state index contributed by atoms with van der Waals surface area (Å²) < 4.78 is 6.85. The number of nitrogens with zero attached hydrogens (tertiary/aromatic N) is 5. The average molecular weight is 300 g/mol. The minimum Gasteiger partial charge on any atom is -0.337 e. The maximum Gasteiger partial charge on any atom is 0.248 e. The van der Waals surface area contributed by atoms with E-state index in [-0.39, 0.29) is 5.41 Å². The molecule has 0 radical (unpaired) electrons. The molecule has 2 rings (SSSR count). The summed E-state index contributed by atoms with van der Waals surface area (Å²) in [6.07, 6.45) is 1.84. The van der Waals surface area contributed by atoms with Crippen molar-refractivity contribution in [1.29, 1.82) is 0 Å². The Balaban J connectivity index is 2.11. The highest BCUT2D eigenvalue weighted by molar-refractivity contribution is 9.08. The van der Waals surface area contributed by atoms with E-state index < -0.39 is 0 Å². The van der Waals surface area contributed by atoms with Gasteiger partial charge in [0.25, 0.3) is 0 Å². The molecule has 0 bridgehead atoms. The van der Waals surface area contributed by atoms with E-state index in [4.69, 9.17) is 4.52 Å². The van der Waals surface area contributed by atoms with Crippen molar-refractivity contribution in [3.8, 4) is 0 Å². The maximum absolute atomic E-state index is 5.18. The lowest BCUT2D eigenvalue weighted by Crippen LogP contribution is -2.13. The second kappa shape index (κ2) is 4.56. The van der Waals surface area contributed by atoms with Gasteiger partial charge in [-0.2, -0.15) is 4.98 Å². The summed E-state index contributed by atoms with van der Waals surface area (Å²) in [6, 6.07) is 0. The molecule has 0 fully saturated rings. The fourth-order valence-corrected chi connectivity index (χ4v) is 1.50. The zero-order valence-electron chi connectivity index (χ0n) is 10.0. The monoisotopic (exact) mass is 299 g/mol. The highest BCUT2D eigenvalue weighted by Crippen LogP contribution is 2.18. The van der Waals surface area contributed by atoms with Gasteiger partial charge in [-0.25, -0.2) is 4.68 Å². The molecule has 0 aliphatic heterocycles. The number of hydrogen-bond acceptors (Lipinski definition) is 5. The van der Waals surface area contributed by atoms with Gasteiger partial charge in [0.15, 0.2) is 5.82 Å². The third kappa shape index (κ3) is 2.91. The molecule has 17 heavy (non-hydrogen) atoms. The summed E-state index contributed by atoms with van der Waals surface area (Å²) >= 11 is 3.32. The van der Waals surface area contributed by atoms with E-state index in [0.717, 1.165) is 5.69 Å². The van der Waals surface area contributed by atoms with Crippen molar-refractivity contribution in [2.75, 3.05) is 0 Å². The van der Waals surface area contributed by atoms with E-state index in [1.807, 2.05) is 27.0 Å². The Bertz CT molecular complexity index is 499. The van der Waals surface area contributed by atoms with E-state index in [9.17, 15) is 0 Å². The van der Waals surface area contributed by atoms with Crippen LogP contribution in [0.15, 0.2) is 10.7 Å². The molecule has 0 unspecified atom stereocenters. The summed E-state index contributed by atoms with van der Waals surface area (Å²) in [5.41, 5.74) is 0.770. The Hall–Kier alpha value is -1.24.